The average molecular weight is 289 g/mol. The van der Waals surface area contributed by atoms with E-state index in [0.29, 0.717) is 5.41 Å². The highest BCUT2D eigenvalue weighted by molar-refractivity contribution is 5.89. The van der Waals surface area contributed by atoms with Crippen LogP contribution in [0.15, 0.2) is 24.3 Å². The van der Waals surface area contributed by atoms with Crippen LogP contribution in [0.25, 0.3) is 0 Å². The van der Waals surface area contributed by atoms with Crippen molar-refractivity contribution in [3.63, 3.8) is 0 Å². The topological polar surface area (TPSA) is 53.6 Å². The molecule has 2 heterocycles. The Balaban J connectivity index is 1.54. The van der Waals surface area contributed by atoms with Crippen LogP contribution in [-0.2, 0) is 0 Å². The summed E-state index contributed by atoms with van der Waals surface area (Å²) in [5.74, 6) is 0.793. The van der Waals surface area contributed by atoms with Gasteiger partial charge in [-0.05, 0) is 55.5 Å². The number of likely N-dealkylation sites (tertiary alicyclic amines) is 1. The van der Waals surface area contributed by atoms with Crippen LogP contribution in [0, 0.1) is 5.41 Å². The molecular weight excluding hydrogens is 266 g/mol. The monoisotopic (exact) mass is 289 g/mol. The van der Waals surface area contributed by atoms with Crippen molar-refractivity contribution >= 4 is 11.7 Å². The highest BCUT2D eigenvalue weighted by atomic mass is 16.5. The number of nitrogens with one attached hydrogen (secondary N) is 2. The number of piperidine rings is 1. The second-order valence-corrected chi connectivity index (χ2v) is 6.07. The van der Waals surface area contributed by atoms with Crippen molar-refractivity contribution in [1.29, 1.82) is 0 Å². The quantitative estimate of drug-likeness (QED) is 0.878. The van der Waals surface area contributed by atoms with E-state index in [4.69, 9.17) is 4.74 Å². The van der Waals surface area contributed by atoms with Gasteiger partial charge in [0.25, 0.3) is 0 Å². The van der Waals surface area contributed by atoms with Crippen molar-refractivity contribution in [2.75, 3.05) is 38.6 Å². The first kappa shape index (κ1) is 14.2. The molecule has 5 nitrogen and oxygen atoms in total. The summed E-state index contributed by atoms with van der Waals surface area (Å²) in [5, 5.41) is 6.40. The van der Waals surface area contributed by atoms with E-state index >= 15 is 0 Å². The van der Waals surface area contributed by atoms with Gasteiger partial charge in [0.1, 0.15) is 5.75 Å². The first-order chi connectivity index (χ1) is 10.2. The van der Waals surface area contributed by atoms with E-state index in [1.807, 2.05) is 29.2 Å². The Morgan fingerprint density at radius 3 is 2.52 bits per heavy atom. The number of urea groups is 1. The van der Waals surface area contributed by atoms with E-state index < -0.39 is 0 Å². The Morgan fingerprint density at radius 2 is 1.95 bits per heavy atom. The van der Waals surface area contributed by atoms with Crippen LogP contribution >= 0.6 is 0 Å². The van der Waals surface area contributed by atoms with Gasteiger partial charge in [-0.2, -0.15) is 0 Å². The van der Waals surface area contributed by atoms with Crippen LogP contribution in [0.1, 0.15) is 19.3 Å². The minimum absolute atomic E-state index is 0.000901. The van der Waals surface area contributed by atoms with E-state index in [1.165, 1.54) is 6.42 Å². The molecule has 1 aromatic carbocycles. The van der Waals surface area contributed by atoms with Crippen molar-refractivity contribution in [1.82, 2.24) is 10.2 Å². The maximum atomic E-state index is 12.3. The number of hydrogen-bond donors (Lipinski definition) is 2. The highest BCUT2D eigenvalue weighted by Crippen LogP contribution is 2.36. The van der Waals surface area contributed by atoms with Gasteiger partial charge in [0.2, 0.25) is 0 Å². The Labute approximate surface area is 125 Å². The number of carbonyl (C=O) groups is 1. The first-order valence-corrected chi connectivity index (χ1v) is 7.62. The predicted molar refractivity (Wildman–Crippen MR) is 82.7 cm³/mol. The Kier molecular flexibility index (Phi) is 4.01. The molecule has 0 unspecified atom stereocenters. The Bertz CT molecular complexity index is 485. The molecule has 2 amide bonds. The smallest absolute Gasteiger partial charge is 0.321 e. The number of benzene rings is 1. The summed E-state index contributed by atoms with van der Waals surface area (Å²) in [5.41, 5.74) is 1.25. The minimum atomic E-state index is 0.000901. The zero-order valence-electron chi connectivity index (χ0n) is 12.5. The third kappa shape index (κ3) is 3.13. The van der Waals surface area contributed by atoms with Gasteiger partial charge in [0.05, 0.1) is 7.11 Å². The summed E-state index contributed by atoms with van der Waals surface area (Å²) < 4.78 is 5.11. The number of carbonyl (C=O) groups excluding carboxylic acids is 1. The molecule has 0 atom stereocenters. The number of ether oxygens (including phenoxy) is 1. The molecule has 1 aromatic rings. The van der Waals surface area contributed by atoms with Gasteiger partial charge < -0.3 is 20.3 Å². The van der Waals surface area contributed by atoms with Crippen LogP contribution in [0.5, 0.6) is 5.75 Å². The van der Waals surface area contributed by atoms with Gasteiger partial charge in [-0.15, -0.1) is 0 Å². The molecule has 3 rings (SSSR count). The molecule has 2 saturated heterocycles. The molecule has 2 aliphatic heterocycles. The van der Waals surface area contributed by atoms with Crippen molar-refractivity contribution in [2.24, 2.45) is 5.41 Å². The van der Waals surface area contributed by atoms with E-state index in [2.05, 4.69) is 10.6 Å². The van der Waals surface area contributed by atoms with Gasteiger partial charge >= 0.3 is 6.03 Å². The van der Waals surface area contributed by atoms with Crippen LogP contribution in [0.2, 0.25) is 0 Å². The highest BCUT2D eigenvalue weighted by Gasteiger charge is 2.37. The largest absolute Gasteiger partial charge is 0.497 e. The van der Waals surface area contributed by atoms with Gasteiger partial charge in [0.15, 0.2) is 0 Å². The van der Waals surface area contributed by atoms with Crippen LogP contribution in [0.4, 0.5) is 10.5 Å². The summed E-state index contributed by atoms with van der Waals surface area (Å²) >= 11 is 0. The number of hydrogen-bond acceptors (Lipinski definition) is 3. The van der Waals surface area contributed by atoms with Crippen molar-refractivity contribution in [3.8, 4) is 5.75 Å². The Morgan fingerprint density at radius 1 is 1.24 bits per heavy atom. The fourth-order valence-corrected chi connectivity index (χ4v) is 3.28. The number of nitrogens with zero attached hydrogens (tertiary/aromatic N) is 1. The molecule has 21 heavy (non-hydrogen) atoms. The summed E-state index contributed by atoms with van der Waals surface area (Å²) in [6.45, 7) is 3.94. The van der Waals surface area contributed by atoms with Crippen LogP contribution < -0.4 is 15.4 Å². The third-order valence-corrected chi connectivity index (χ3v) is 4.78. The molecule has 2 N–H and O–H groups in total. The molecular formula is C16H23N3O2. The Hall–Kier alpha value is -1.75. The molecule has 1 spiro atoms. The number of rotatable bonds is 2. The molecule has 0 bridgehead atoms. The minimum Gasteiger partial charge on any atom is -0.497 e. The maximum absolute atomic E-state index is 12.3. The van der Waals surface area contributed by atoms with Gasteiger partial charge in [0, 0.05) is 25.3 Å². The van der Waals surface area contributed by atoms with Crippen molar-refractivity contribution < 1.29 is 9.53 Å². The molecule has 0 radical (unpaired) electrons. The lowest BCUT2D eigenvalue weighted by Gasteiger charge is -2.38. The zero-order valence-corrected chi connectivity index (χ0v) is 12.5. The van der Waals surface area contributed by atoms with Crippen LogP contribution in [-0.4, -0.2) is 44.2 Å². The molecule has 114 valence electrons. The molecule has 5 heteroatoms. The van der Waals surface area contributed by atoms with E-state index in [1.54, 1.807) is 7.11 Å². The van der Waals surface area contributed by atoms with E-state index in [-0.39, 0.29) is 6.03 Å². The molecule has 0 aliphatic carbocycles. The molecule has 2 fully saturated rings. The number of anilines is 1. The normalized spacial score (nSPS) is 20.5. The SMILES string of the molecule is COc1ccc(NC(=O)N2CCC3(CCNC3)CC2)cc1. The number of amides is 2. The second kappa shape index (κ2) is 5.93. The zero-order chi connectivity index (χ0) is 14.7. The van der Waals surface area contributed by atoms with E-state index in [9.17, 15) is 4.79 Å². The first-order valence-electron chi connectivity index (χ1n) is 7.62. The number of methoxy groups -OCH3 is 1. The van der Waals surface area contributed by atoms with Gasteiger partial charge in [-0.1, -0.05) is 0 Å². The molecule has 0 aromatic heterocycles. The standard InChI is InChI=1S/C16H23N3O2/c1-21-14-4-2-13(3-5-14)18-15(20)19-10-7-16(8-11-19)6-9-17-12-16/h2-5,17H,6-12H2,1H3,(H,18,20). The summed E-state index contributed by atoms with van der Waals surface area (Å²) in [4.78, 5) is 14.2. The van der Waals surface area contributed by atoms with Gasteiger partial charge in [-0.3, -0.25) is 0 Å². The average Bonchev–Trinajstić information content (AvgIpc) is 2.97. The van der Waals surface area contributed by atoms with Crippen LogP contribution in [0.3, 0.4) is 0 Å². The lowest BCUT2D eigenvalue weighted by Crippen LogP contribution is -2.45. The van der Waals surface area contributed by atoms with Crippen molar-refractivity contribution in [2.45, 2.75) is 19.3 Å². The van der Waals surface area contributed by atoms with E-state index in [0.717, 1.165) is 50.5 Å². The molecule has 2 aliphatic rings. The lowest BCUT2D eigenvalue weighted by atomic mass is 9.78. The fourth-order valence-electron chi connectivity index (χ4n) is 3.28. The summed E-state index contributed by atoms with van der Waals surface area (Å²) in [6.07, 6.45) is 3.47. The maximum Gasteiger partial charge on any atom is 0.321 e. The second-order valence-electron chi connectivity index (χ2n) is 6.07. The fraction of sp³-hybridized carbons (Fsp3) is 0.562. The third-order valence-electron chi connectivity index (χ3n) is 4.78. The predicted octanol–water partition coefficient (Wildman–Crippen LogP) is 2.30. The van der Waals surface area contributed by atoms with Crippen molar-refractivity contribution in [3.05, 3.63) is 24.3 Å². The van der Waals surface area contributed by atoms with Gasteiger partial charge in [-0.25, -0.2) is 4.79 Å². The summed E-state index contributed by atoms with van der Waals surface area (Å²) in [7, 11) is 1.63. The summed E-state index contributed by atoms with van der Waals surface area (Å²) in [6, 6.07) is 7.43. The lowest BCUT2D eigenvalue weighted by molar-refractivity contribution is 0.137. The molecule has 0 saturated carbocycles.